The molecule has 1 aliphatic rings. The summed E-state index contributed by atoms with van der Waals surface area (Å²) in [7, 11) is 2.21. The van der Waals surface area contributed by atoms with E-state index in [0.29, 0.717) is 0 Å². The van der Waals surface area contributed by atoms with Crippen molar-refractivity contribution in [3.8, 4) is 10.4 Å². The first kappa shape index (κ1) is 13.8. The van der Waals surface area contributed by atoms with Gasteiger partial charge in [0.05, 0.1) is 0 Å². The Morgan fingerprint density at radius 3 is 2.50 bits per heavy atom. The second kappa shape index (κ2) is 6.08. The van der Waals surface area contributed by atoms with Crippen LogP contribution in [-0.2, 0) is 6.54 Å². The molecule has 106 valence electrons. The average molecular weight is 286 g/mol. The first-order valence-corrected chi connectivity index (χ1v) is 8.09. The number of rotatable bonds is 3. The lowest BCUT2D eigenvalue weighted by atomic mass is 10.1. The molecule has 1 fully saturated rings. The van der Waals surface area contributed by atoms with Gasteiger partial charge in [-0.05, 0) is 37.2 Å². The predicted molar refractivity (Wildman–Crippen MR) is 87.3 cm³/mol. The summed E-state index contributed by atoms with van der Waals surface area (Å²) < 4.78 is 0. The molecule has 3 heteroatoms. The molecule has 0 bridgehead atoms. The van der Waals surface area contributed by atoms with Gasteiger partial charge in [0.2, 0.25) is 0 Å². The van der Waals surface area contributed by atoms with E-state index in [9.17, 15) is 0 Å². The van der Waals surface area contributed by atoms with Gasteiger partial charge in [0.15, 0.2) is 0 Å². The van der Waals surface area contributed by atoms with E-state index in [2.05, 4.69) is 60.2 Å². The van der Waals surface area contributed by atoms with Gasteiger partial charge in [-0.1, -0.05) is 24.3 Å². The summed E-state index contributed by atoms with van der Waals surface area (Å²) >= 11 is 1.94. The highest BCUT2D eigenvalue weighted by molar-refractivity contribution is 7.15. The normalized spacial score (nSPS) is 17.5. The molecule has 0 spiro atoms. The van der Waals surface area contributed by atoms with Crippen LogP contribution in [0.2, 0.25) is 0 Å². The van der Waals surface area contributed by atoms with Gasteiger partial charge in [0, 0.05) is 42.5 Å². The Labute approximate surface area is 125 Å². The number of hydrogen-bond donors (Lipinski definition) is 0. The molecule has 2 heterocycles. The van der Waals surface area contributed by atoms with Gasteiger partial charge >= 0.3 is 0 Å². The van der Waals surface area contributed by atoms with Gasteiger partial charge in [0.25, 0.3) is 0 Å². The van der Waals surface area contributed by atoms with Crippen LogP contribution >= 0.6 is 11.3 Å². The lowest BCUT2D eigenvalue weighted by Gasteiger charge is -2.31. The standard InChI is InChI=1S/C17H22N2S/c1-14-5-3-4-6-16(14)17-8-7-15(20-17)13-19-11-9-18(2)10-12-19/h3-8H,9-13H2,1-2H3. The first-order chi connectivity index (χ1) is 9.72. The third-order valence-corrected chi connectivity index (χ3v) is 5.15. The monoisotopic (exact) mass is 286 g/mol. The van der Waals surface area contributed by atoms with Gasteiger partial charge in [-0.15, -0.1) is 11.3 Å². The molecule has 0 N–H and O–H groups in total. The number of nitrogens with zero attached hydrogens (tertiary/aromatic N) is 2. The van der Waals surface area contributed by atoms with Crippen molar-refractivity contribution in [1.82, 2.24) is 9.80 Å². The summed E-state index contributed by atoms with van der Waals surface area (Å²) in [5, 5.41) is 0. The third kappa shape index (κ3) is 3.11. The van der Waals surface area contributed by atoms with E-state index < -0.39 is 0 Å². The Kier molecular flexibility index (Phi) is 4.20. The quantitative estimate of drug-likeness (QED) is 0.852. The van der Waals surface area contributed by atoms with Gasteiger partial charge in [0.1, 0.15) is 0 Å². The molecule has 1 aliphatic heterocycles. The molecule has 1 aromatic carbocycles. The van der Waals surface area contributed by atoms with Crippen molar-refractivity contribution in [2.45, 2.75) is 13.5 Å². The maximum Gasteiger partial charge on any atom is 0.0348 e. The molecule has 0 unspecified atom stereocenters. The summed E-state index contributed by atoms with van der Waals surface area (Å²) in [5.41, 5.74) is 2.74. The SMILES string of the molecule is Cc1ccccc1-c1ccc(CN2CCN(C)CC2)s1. The van der Waals surface area contributed by atoms with E-state index in [4.69, 9.17) is 0 Å². The number of aryl methyl sites for hydroxylation is 1. The van der Waals surface area contributed by atoms with Gasteiger partial charge < -0.3 is 4.90 Å². The average Bonchev–Trinajstić information content (AvgIpc) is 2.90. The van der Waals surface area contributed by atoms with E-state index in [1.54, 1.807) is 0 Å². The molecule has 1 aromatic heterocycles. The van der Waals surface area contributed by atoms with E-state index in [1.807, 2.05) is 11.3 Å². The molecule has 2 nitrogen and oxygen atoms in total. The Morgan fingerprint density at radius 1 is 1.00 bits per heavy atom. The van der Waals surface area contributed by atoms with Crippen LogP contribution in [0.25, 0.3) is 10.4 Å². The van der Waals surface area contributed by atoms with E-state index >= 15 is 0 Å². The highest BCUT2D eigenvalue weighted by Gasteiger charge is 2.15. The third-order valence-electron chi connectivity index (χ3n) is 4.05. The molecule has 0 amide bonds. The van der Waals surface area contributed by atoms with Crippen LogP contribution in [0.1, 0.15) is 10.4 Å². The maximum absolute atomic E-state index is 2.56. The van der Waals surface area contributed by atoms with E-state index in [0.717, 1.165) is 6.54 Å². The Morgan fingerprint density at radius 2 is 1.75 bits per heavy atom. The number of benzene rings is 1. The lowest BCUT2D eigenvalue weighted by molar-refractivity contribution is 0.149. The molecule has 1 saturated heterocycles. The van der Waals surface area contributed by atoms with Crippen molar-refractivity contribution in [3.05, 3.63) is 46.8 Å². The minimum Gasteiger partial charge on any atom is -0.304 e. The summed E-state index contributed by atoms with van der Waals surface area (Å²) in [6, 6.07) is 13.2. The van der Waals surface area contributed by atoms with Crippen LogP contribution in [0.5, 0.6) is 0 Å². The highest BCUT2D eigenvalue weighted by Crippen LogP contribution is 2.31. The minimum atomic E-state index is 1.10. The molecular formula is C17H22N2S. The van der Waals surface area contributed by atoms with Crippen LogP contribution < -0.4 is 0 Å². The number of thiophene rings is 1. The molecule has 0 aliphatic carbocycles. The zero-order valence-electron chi connectivity index (χ0n) is 12.3. The second-order valence-corrected chi connectivity index (χ2v) is 6.83. The van der Waals surface area contributed by atoms with Crippen LogP contribution in [0.3, 0.4) is 0 Å². The first-order valence-electron chi connectivity index (χ1n) is 7.28. The van der Waals surface area contributed by atoms with Gasteiger partial charge in [-0.2, -0.15) is 0 Å². The molecule has 3 rings (SSSR count). The molecule has 0 atom stereocenters. The fourth-order valence-corrected chi connectivity index (χ4v) is 3.82. The van der Waals surface area contributed by atoms with Crippen LogP contribution in [0, 0.1) is 6.92 Å². The van der Waals surface area contributed by atoms with Crippen molar-refractivity contribution >= 4 is 11.3 Å². The van der Waals surface area contributed by atoms with Crippen LogP contribution in [-0.4, -0.2) is 43.0 Å². The molecule has 0 radical (unpaired) electrons. The highest BCUT2D eigenvalue weighted by atomic mass is 32.1. The van der Waals surface area contributed by atoms with Crippen molar-refractivity contribution in [3.63, 3.8) is 0 Å². The Hall–Kier alpha value is -1.16. The topological polar surface area (TPSA) is 6.48 Å². The minimum absolute atomic E-state index is 1.10. The van der Waals surface area contributed by atoms with Crippen molar-refractivity contribution in [1.29, 1.82) is 0 Å². The predicted octanol–water partition coefficient (Wildman–Crippen LogP) is 3.47. The number of hydrogen-bond acceptors (Lipinski definition) is 3. The summed E-state index contributed by atoms with van der Waals surface area (Å²) in [6.07, 6.45) is 0. The fourth-order valence-electron chi connectivity index (χ4n) is 2.68. The van der Waals surface area contributed by atoms with Gasteiger partial charge in [-0.3, -0.25) is 4.90 Å². The largest absolute Gasteiger partial charge is 0.304 e. The van der Waals surface area contributed by atoms with Crippen molar-refractivity contribution in [2.75, 3.05) is 33.2 Å². The molecule has 20 heavy (non-hydrogen) atoms. The van der Waals surface area contributed by atoms with Crippen LogP contribution in [0.15, 0.2) is 36.4 Å². The second-order valence-electron chi connectivity index (χ2n) is 5.66. The van der Waals surface area contributed by atoms with E-state index in [-0.39, 0.29) is 0 Å². The summed E-state index contributed by atoms with van der Waals surface area (Å²) in [4.78, 5) is 7.84. The van der Waals surface area contributed by atoms with Gasteiger partial charge in [-0.25, -0.2) is 0 Å². The summed E-state index contributed by atoms with van der Waals surface area (Å²) in [5.74, 6) is 0. The smallest absolute Gasteiger partial charge is 0.0348 e. The molecule has 0 saturated carbocycles. The zero-order valence-corrected chi connectivity index (χ0v) is 13.1. The number of likely N-dealkylation sites (N-methyl/N-ethyl adjacent to an activating group) is 1. The fraction of sp³-hybridized carbons (Fsp3) is 0.412. The maximum atomic E-state index is 2.56. The Balaban J connectivity index is 1.70. The molecular weight excluding hydrogens is 264 g/mol. The van der Waals surface area contributed by atoms with E-state index in [1.165, 1.54) is 47.1 Å². The summed E-state index contributed by atoms with van der Waals surface area (Å²) in [6.45, 7) is 8.05. The lowest BCUT2D eigenvalue weighted by Crippen LogP contribution is -2.43. The van der Waals surface area contributed by atoms with Crippen molar-refractivity contribution < 1.29 is 0 Å². The van der Waals surface area contributed by atoms with Crippen LogP contribution in [0.4, 0.5) is 0 Å². The number of piperazine rings is 1. The molecule has 2 aromatic rings. The zero-order chi connectivity index (χ0) is 13.9. The Bertz CT molecular complexity index is 568. The van der Waals surface area contributed by atoms with Crippen molar-refractivity contribution in [2.24, 2.45) is 0 Å².